The summed E-state index contributed by atoms with van der Waals surface area (Å²) in [5, 5.41) is 11.2. The zero-order valence-electron chi connectivity index (χ0n) is 32.9. The second-order valence-electron chi connectivity index (χ2n) is 14.9. The van der Waals surface area contributed by atoms with Crippen molar-refractivity contribution < 1.29 is 44.4 Å². The fraction of sp³-hybridized carbons (Fsp3) is 0.268. The molecule has 2 heterocycles. The molecule has 0 saturated heterocycles. The summed E-state index contributed by atoms with van der Waals surface area (Å²) in [6.45, 7) is 9.14. The van der Waals surface area contributed by atoms with Gasteiger partial charge in [-0.2, -0.15) is 26.3 Å². The summed E-state index contributed by atoms with van der Waals surface area (Å²) >= 11 is 0. The number of nitro groups is 1. The van der Waals surface area contributed by atoms with E-state index in [1.54, 1.807) is 66.2 Å². The number of rotatable bonds is 14. The smallest absolute Gasteiger partial charge is 0.361 e. The summed E-state index contributed by atoms with van der Waals surface area (Å²) in [7, 11) is -4.72. The maximum atomic E-state index is 13.1. The second-order valence-corrected chi connectivity index (χ2v) is 22.3. The lowest BCUT2D eigenvalue weighted by Crippen LogP contribution is -2.22. The number of nitrogens with one attached hydrogen (secondary N) is 2. The van der Waals surface area contributed by atoms with Crippen LogP contribution in [0.15, 0.2) is 109 Å². The summed E-state index contributed by atoms with van der Waals surface area (Å²) in [6, 6.07) is 23.4. The average molecular weight is 873 g/mol. The van der Waals surface area contributed by atoms with Gasteiger partial charge in [-0.05, 0) is 48.9 Å². The summed E-state index contributed by atoms with van der Waals surface area (Å²) in [5.74, 6) is 0.815. The standard InChI is InChI=1S/C22H24F3N3O3Si.C19H18F3N3O2S/c1-32(2,3)11-10-31-15-27-14-20(16-6-4-8-18(12-16)22(23,24)25)26-21(27)17-7-5-9-19(13-17)28(29)30;1-2-9-28(26,27)25-16-8-4-6-14(11-16)18-23-12-17(24-18)13-5-3-7-15(10-13)19(20,21)22/h4-9,12-14H,10-11,15H2,1-3H3;3-8,10-12,25H,2,9H2,1H3,(H,23,24). The maximum Gasteiger partial charge on any atom is 0.416 e. The van der Waals surface area contributed by atoms with E-state index in [-0.39, 0.29) is 18.2 Å². The van der Waals surface area contributed by atoms with Crippen LogP contribution in [0.2, 0.25) is 25.7 Å². The van der Waals surface area contributed by atoms with E-state index in [0.29, 0.717) is 64.0 Å². The molecule has 0 bridgehead atoms. The summed E-state index contributed by atoms with van der Waals surface area (Å²) in [4.78, 5) is 22.4. The molecule has 0 atom stereocenters. The Hall–Kier alpha value is -5.79. The van der Waals surface area contributed by atoms with E-state index < -0.39 is 46.5 Å². The number of ether oxygens (including phenoxy) is 1. The molecule has 2 aromatic heterocycles. The van der Waals surface area contributed by atoms with Crippen molar-refractivity contribution in [1.29, 1.82) is 0 Å². The van der Waals surface area contributed by atoms with E-state index in [9.17, 15) is 44.9 Å². The first kappa shape index (κ1) is 45.3. The molecule has 0 spiro atoms. The average Bonchev–Trinajstić information content (AvgIpc) is 3.85. The van der Waals surface area contributed by atoms with Crippen molar-refractivity contribution in [3.63, 3.8) is 0 Å². The molecular weight excluding hydrogens is 831 g/mol. The molecule has 0 radical (unpaired) electrons. The van der Waals surface area contributed by atoms with Crippen LogP contribution in [0.4, 0.5) is 37.7 Å². The number of nitrogens with zero attached hydrogens (tertiary/aromatic N) is 4. The first-order chi connectivity index (χ1) is 28.1. The highest BCUT2D eigenvalue weighted by molar-refractivity contribution is 7.92. The molecule has 0 saturated carbocycles. The topological polar surface area (TPSA) is 145 Å². The van der Waals surface area contributed by atoms with Crippen molar-refractivity contribution in [2.24, 2.45) is 0 Å². The molecule has 2 N–H and O–H groups in total. The third-order valence-corrected chi connectivity index (χ3v) is 12.0. The molecule has 0 unspecified atom stereocenters. The second kappa shape index (κ2) is 18.6. The predicted octanol–water partition coefficient (Wildman–Crippen LogP) is 11.4. The van der Waals surface area contributed by atoms with Crippen LogP contribution in [0.5, 0.6) is 0 Å². The number of imidazole rings is 2. The minimum absolute atomic E-state index is 0.0116. The van der Waals surface area contributed by atoms with Gasteiger partial charge in [-0.3, -0.25) is 14.8 Å². The van der Waals surface area contributed by atoms with Crippen LogP contribution in [0, 0.1) is 10.1 Å². The van der Waals surface area contributed by atoms with Crippen molar-refractivity contribution in [2.75, 3.05) is 17.1 Å². The Morgan fingerprint density at radius 1 is 0.833 bits per heavy atom. The number of alkyl halides is 6. The van der Waals surface area contributed by atoms with Gasteiger partial charge in [0.1, 0.15) is 18.4 Å². The Labute approximate surface area is 343 Å². The molecule has 0 fully saturated rings. The molecule has 60 heavy (non-hydrogen) atoms. The number of aromatic nitrogens is 4. The lowest BCUT2D eigenvalue weighted by atomic mass is 10.1. The number of benzene rings is 4. The molecule has 0 aliphatic rings. The van der Waals surface area contributed by atoms with Crippen LogP contribution in [0.3, 0.4) is 0 Å². The Balaban J connectivity index is 0.000000230. The van der Waals surface area contributed by atoms with Crippen molar-refractivity contribution in [3.8, 4) is 45.3 Å². The number of aromatic amines is 1. The molecule has 0 aliphatic carbocycles. The molecular formula is C41H42F6N6O5SSi. The highest BCUT2D eigenvalue weighted by Crippen LogP contribution is 2.35. The number of sulfonamides is 1. The molecule has 6 aromatic rings. The van der Waals surface area contributed by atoms with Gasteiger partial charge in [-0.1, -0.05) is 75.1 Å². The number of anilines is 1. The molecule has 0 aliphatic heterocycles. The summed E-state index contributed by atoms with van der Waals surface area (Å²) < 4.78 is 112. The zero-order valence-corrected chi connectivity index (χ0v) is 34.8. The first-order valence-corrected chi connectivity index (χ1v) is 23.9. The summed E-state index contributed by atoms with van der Waals surface area (Å²) in [6.07, 6.45) is -5.35. The lowest BCUT2D eigenvalue weighted by molar-refractivity contribution is -0.384. The van der Waals surface area contributed by atoms with Gasteiger partial charge in [0.2, 0.25) is 10.0 Å². The zero-order chi connectivity index (χ0) is 43.9. The van der Waals surface area contributed by atoms with E-state index in [1.807, 2.05) is 0 Å². The van der Waals surface area contributed by atoms with E-state index in [1.165, 1.54) is 30.5 Å². The number of non-ortho nitro benzene ring substituents is 1. The van der Waals surface area contributed by atoms with Crippen molar-refractivity contribution in [1.82, 2.24) is 19.5 Å². The third kappa shape index (κ3) is 12.6. The fourth-order valence-electron chi connectivity index (χ4n) is 5.75. The van der Waals surface area contributed by atoms with Crippen LogP contribution in [-0.4, -0.2) is 53.3 Å². The molecule has 19 heteroatoms. The van der Waals surface area contributed by atoms with E-state index in [0.717, 1.165) is 30.3 Å². The fourth-order valence-corrected chi connectivity index (χ4v) is 7.63. The molecule has 6 rings (SSSR count). The van der Waals surface area contributed by atoms with Crippen molar-refractivity contribution in [3.05, 3.63) is 131 Å². The van der Waals surface area contributed by atoms with E-state index >= 15 is 0 Å². The Morgan fingerprint density at radius 2 is 1.43 bits per heavy atom. The minimum atomic E-state index is -4.47. The number of hydrogen-bond acceptors (Lipinski definition) is 7. The molecule has 11 nitrogen and oxygen atoms in total. The van der Waals surface area contributed by atoms with Crippen LogP contribution in [0.1, 0.15) is 24.5 Å². The third-order valence-electron chi connectivity index (χ3n) is 8.76. The van der Waals surface area contributed by atoms with Crippen LogP contribution in [-0.2, 0) is 33.8 Å². The highest BCUT2D eigenvalue weighted by atomic mass is 32.2. The number of hydrogen-bond donors (Lipinski definition) is 2. The van der Waals surface area contributed by atoms with Crippen LogP contribution >= 0.6 is 0 Å². The van der Waals surface area contributed by atoms with Gasteiger partial charge in [0.15, 0.2) is 0 Å². The van der Waals surface area contributed by atoms with Crippen molar-refractivity contribution >= 4 is 29.5 Å². The SMILES string of the molecule is CCCS(=O)(=O)Nc1cccc(-c2ncc(-c3cccc(C(F)(F)F)c3)[nH]2)c1.C[Si](C)(C)CCOCn1cc(-c2cccc(C(F)(F)F)c2)nc1-c1cccc([N+](=O)[O-])c1. The largest absolute Gasteiger partial charge is 0.416 e. The van der Waals surface area contributed by atoms with Gasteiger partial charge in [-0.25, -0.2) is 18.4 Å². The lowest BCUT2D eigenvalue weighted by Gasteiger charge is -2.16. The van der Waals surface area contributed by atoms with Gasteiger partial charge in [0.05, 0.1) is 39.4 Å². The first-order valence-electron chi connectivity index (χ1n) is 18.5. The maximum absolute atomic E-state index is 13.1. The number of halogens is 6. The molecule has 0 amide bonds. The minimum Gasteiger partial charge on any atom is -0.361 e. The van der Waals surface area contributed by atoms with Crippen LogP contribution in [0.25, 0.3) is 45.3 Å². The van der Waals surface area contributed by atoms with Crippen molar-refractivity contribution in [2.45, 2.75) is 58.1 Å². The monoisotopic (exact) mass is 872 g/mol. The van der Waals surface area contributed by atoms with Gasteiger partial charge >= 0.3 is 12.4 Å². The van der Waals surface area contributed by atoms with Gasteiger partial charge in [0.25, 0.3) is 5.69 Å². The Morgan fingerprint density at radius 3 is 2.07 bits per heavy atom. The molecule has 4 aromatic carbocycles. The van der Waals surface area contributed by atoms with Gasteiger partial charge in [0, 0.05) is 61.0 Å². The molecule has 318 valence electrons. The van der Waals surface area contributed by atoms with Gasteiger partial charge < -0.3 is 14.3 Å². The quantitative estimate of drug-likeness (QED) is 0.0364. The Bertz CT molecular complexity index is 2530. The van der Waals surface area contributed by atoms with E-state index in [4.69, 9.17) is 4.74 Å². The van der Waals surface area contributed by atoms with Crippen LogP contribution < -0.4 is 4.72 Å². The van der Waals surface area contributed by atoms with E-state index in [2.05, 4.69) is 39.3 Å². The highest BCUT2D eigenvalue weighted by Gasteiger charge is 2.31. The van der Waals surface area contributed by atoms with Gasteiger partial charge in [-0.15, -0.1) is 0 Å². The summed E-state index contributed by atoms with van der Waals surface area (Å²) in [5.41, 5.74) is 1.27. The predicted molar refractivity (Wildman–Crippen MR) is 221 cm³/mol. The number of nitro benzene ring substituents is 1. The number of H-pyrrole nitrogens is 1. The normalized spacial score (nSPS) is 12.2. The Kier molecular flexibility index (Phi) is 14.1.